The molecule has 208 valence electrons. The van der Waals surface area contributed by atoms with Crippen molar-refractivity contribution in [3.8, 4) is 11.3 Å². The minimum atomic E-state index is -5.97. The smallest absolute Gasteiger partial charge is 0.459 e. The average molecular weight is 586 g/mol. The van der Waals surface area contributed by atoms with E-state index in [2.05, 4.69) is 20.4 Å². The first-order valence-corrected chi connectivity index (χ1v) is 11.7. The Balaban J connectivity index is 1.66. The van der Waals surface area contributed by atoms with Gasteiger partial charge in [0.05, 0.1) is 12.0 Å². The van der Waals surface area contributed by atoms with Gasteiger partial charge in [0.1, 0.15) is 26.9 Å². The Labute approximate surface area is 221 Å². The van der Waals surface area contributed by atoms with Crippen molar-refractivity contribution in [3.05, 3.63) is 64.2 Å². The summed E-state index contributed by atoms with van der Waals surface area (Å²) in [7, 11) is 0. The molecule has 0 atom stereocenters. The van der Waals surface area contributed by atoms with Crippen molar-refractivity contribution in [2.24, 2.45) is 5.73 Å². The van der Waals surface area contributed by atoms with E-state index in [1.165, 1.54) is 25.3 Å². The Morgan fingerprint density at radius 3 is 2.45 bits per heavy atom. The molecule has 0 aromatic carbocycles. The highest BCUT2D eigenvalue weighted by molar-refractivity contribution is 7.21. The number of halogens is 7. The molecular formula is C23H13F7N6O3S. The second-order valence-corrected chi connectivity index (χ2v) is 9.33. The number of rotatable bonds is 6. The van der Waals surface area contributed by atoms with E-state index in [9.17, 15) is 40.3 Å². The predicted molar refractivity (Wildman–Crippen MR) is 126 cm³/mol. The van der Waals surface area contributed by atoms with Gasteiger partial charge in [-0.1, -0.05) is 0 Å². The lowest BCUT2D eigenvalue weighted by Crippen LogP contribution is -2.36. The van der Waals surface area contributed by atoms with E-state index in [1.807, 2.05) is 0 Å². The Morgan fingerprint density at radius 2 is 1.85 bits per heavy atom. The number of alkyl halides is 7. The van der Waals surface area contributed by atoms with Crippen LogP contribution in [0.5, 0.6) is 0 Å². The number of amides is 2. The summed E-state index contributed by atoms with van der Waals surface area (Å²) in [6, 6.07) is 5.22. The van der Waals surface area contributed by atoms with Crippen molar-refractivity contribution >= 4 is 44.7 Å². The molecule has 0 saturated heterocycles. The molecule has 0 aliphatic carbocycles. The minimum Gasteiger partial charge on any atom is -0.464 e. The molecule has 0 fully saturated rings. The van der Waals surface area contributed by atoms with Crippen molar-refractivity contribution in [1.82, 2.24) is 19.6 Å². The number of carbonyl (C=O) groups is 2. The van der Waals surface area contributed by atoms with Gasteiger partial charge in [-0.05, 0) is 31.2 Å². The summed E-state index contributed by atoms with van der Waals surface area (Å²) in [5.41, 5.74) is 1.60. The fraction of sp³-hybridized carbons (Fsp3) is 0.174. The number of aromatic nitrogens is 4. The van der Waals surface area contributed by atoms with Crippen LogP contribution >= 0.6 is 11.3 Å². The molecule has 0 spiro atoms. The molecule has 0 saturated carbocycles. The van der Waals surface area contributed by atoms with E-state index in [0.717, 1.165) is 12.1 Å². The molecule has 3 N–H and O–H groups in total. The van der Waals surface area contributed by atoms with Gasteiger partial charge in [0, 0.05) is 22.7 Å². The van der Waals surface area contributed by atoms with Crippen LogP contribution in [0, 0.1) is 6.92 Å². The number of furan rings is 1. The molecule has 5 aromatic rings. The summed E-state index contributed by atoms with van der Waals surface area (Å²) < 4.78 is 100. The quantitative estimate of drug-likeness (QED) is 0.240. The standard InChI is InChI=1S/C23H13F7N6O3S/c1-8-5-13(22(26,27)23(28,29)30)36-14(32-8)7-11(35-36)20(38)34-16-15-9(12-3-2-4-39-12)6-10(18(24)25)33-21(15)40-17(16)19(31)37/h2-7,18H,1H3,(H2,31,37)(H,34,38). The van der Waals surface area contributed by atoms with E-state index < -0.39 is 53.1 Å². The van der Waals surface area contributed by atoms with Gasteiger partial charge >= 0.3 is 12.1 Å². The highest BCUT2D eigenvalue weighted by Gasteiger charge is 2.60. The molecule has 9 nitrogen and oxygen atoms in total. The van der Waals surface area contributed by atoms with Crippen LogP contribution in [0.1, 0.15) is 43.7 Å². The summed E-state index contributed by atoms with van der Waals surface area (Å²) in [6.07, 6.45) is -7.72. The Bertz CT molecular complexity index is 1790. The lowest BCUT2D eigenvalue weighted by atomic mass is 10.1. The van der Waals surface area contributed by atoms with Crippen LogP contribution in [0.2, 0.25) is 0 Å². The lowest BCUT2D eigenvalue weighted by molar-refractivity contribution is -0.291. The molecule has 2 amide bonds. The second-order valence-electron chi connectivity index (χ2n) is 8.33. The van der Waals surface area contributed by atoms with Gasteiger partial charge in [0.2, 0.25) is 0 Å². The number of nitrogens with zero attached hydrogens (tertiary/aromatic N) is 4. The first-order valence-electron chi connectivity index (χ1n) is 10.9. The predicted octanol–water partition coefficient (Wildman–Crippen LogP) is 5.85. The highest BCUT2D eigenvalue weighted by atomic mass is 32.1. The molecule has 0 aliphatic rings. The maximum atomic E-state index is 14.2. The topological polar surface area (TPSA) is 128 Å². The van der Waals surface area contributed by atoms with Gasteiger partial charge < -0.3 is 15.5 Å². The van der Waals surface area contributed by atoms with Crippen LogP contribution in [-0.2, 0) is 5.92 Å². The van der Waals surface area contributed by atoms with Gasteiger partial charge in [-0.3, -0.25) is 9.59 Å². The molecule has 40 heavy (non-hydrogen) atoms. The third-order valence-electron chi connectivity index (χ3n) is 5.62. The number of pyridine rings is 1. The number of aryl methyl sites for hydroxylation is 1. The van der Waals surface area contributed by atoms with Crippen LogP contribution in [0.15, 0.2) is 41.0 Å². The number of primary amides is 1. The number of anilines is 1. The number of carbonyl (C=O) groups excluding carboxylic acids is 2. The largest absolute Gasteiger partial charge is 0.464 e. The molecule has 5 heterocycles. The van der Waals surface area contributed by atoms with Gasteiger partial charge in [-0.25, -0.2) is 23.3 Å². The molecule has 0 aliphatic heterocycles. The SMILES string of the molecule is Cc1cc(C(F)(F)C(F)(F)F)n2nc(C(=O)Nc3c(C(N)=O)sc4nc(C(F)F)cc(-c5ccco5)c34)cc2n1. The summed E-state index contributed by atoms with van der Waals surface area (Å²) in [5.74, 6) is -7.49. The zero-order valence-corrected chi connectivity index (χ0v) is 20.5. The number of hydrogen-bond donors (Lipinski definition) is 2. The molecule has 5 aromatic heterocycles. The summed E-state index contributed by atoms with van der Waals surface area (Å²) >= 11 is 0.590. The number of fused-ring (bicyclic) bond motifs is 2. The third-order valence-corrected chi connectivity index (χ3v) is 6.72. The molecular weight excluding hydrogens is 573 g/mol. The number of nitrogens with one attached hydrogen (secondary N) is 1. The maximum absolute atomic E-state index is 14.2. The van der Waals surface area contributed by atoms with Crippen LogP contribution in [-0.4, -0.2) is 37.6 Å². The first kappa shape index (κ1) is 27.0. The van der Waals surface area contributed by atoms with Crippen molar-refractivity contribution in [2.75, 3.05) is 5.32 Å². The van der Waals surface area contributed by atoms with Gasteiger partial charge in [0.15, 0.2) is 11.3 Å². The van der Waals surface area contributed by atoms with E-state index in [1.54, 1.807) is 0 Å². The van der Waals surface area contributed by atoms with E-state index in [-0.39, 0.29) is 42.3 Å². The Kier molecular flexibility index (Phi) is 6.28. The van der Waals surface area contributed by atoms with Crippen molar-refractivity contribution < 1.29 is 44.7 Å². The number of hydrogen-bond acceptors (Lipinski definition) is 7. The third kappa shape index (κ3) is 4.41. The summed E-state index contributed by atoms with van der Waals surface area (Å²) in [4.78, 5) is 32.7. The Morgan fingerprint density at radius 1 is 1.12 bits per heavy atom. The van der Waals surface area contributed by atoms with Crippen LogP contribution in [0.3, 0.4) is 0 Å². The maximum Gasteiger partial charge on any atom is 0.459 e. The number of nitrogens with two attached hydrogens (primary N) is 1. The fourth-order valence-corrected chi connectivity index (χ4v) is 4.92. The van der Waals surface area contributed by atoms with Crippen LogP contribution in [0.4, 0.5) is 36.4 Å². The van der Waals surface area contributed by atoms with Crippen molar-refractivity contribution in [3.63, 3.8) is 0 Å². The molecule has 5 rings (SSSR count). The zero-order chi connectivity index (χ0) is 29.1. The van der Waals surface area contributed by atoms with Crippen molar-refractivity contribution in [1.29, 1.82) is 0 Å². The average Bonchev–Trinajstić information content (AvgIpc) is 3.61. The molecule has 17 heteroatoms. The minimum absolute atomic E-state index is 0.00599. The molecule has 0 unspecified atom stereocenters. The summed E-state index contributed by atoms with van der Waals surface area (Å²) in [6.45, 7) is 1.18. The zero-order valence-electron chi connectivity index (χ0n) is 19.7. The van der Waals surface area contributed by atoms with E-state index in [4.69, 9.17) is 10.2 Å². The second kappa shape index (κ2) is 9.29. The molecule has 0 bridgehead atoms. The normalized spacial score (nSPS) is 12.5. The fourth-order valence-electron chi connectivity index (χ4n) is 3.91. The number of thiophene rings is 1. The van der Waals surface area contributed by atoms with Crippen molar-refractivity contribution in [2.45, 2.75) is 25.4 Å². The lowest BCUT2D eigenvalue weighted by Gasteiger charge is -2.20. The molecule has 0 radical (unpaired) electrons. The first-order chi connectivity index (χ1) is 18.7. The van der Waals surface area contributed by atoms with E-state index >= 15 is 0 Å². The summed E-state index contributed by atoms with van der Waals surface area (Å²) in [5, 5.41) is 5.92. The van der Waals surface area contributed by atoms with Gasteiger partial charge in [-0.2, -0.15) is 27.1 Å². The van der Waals surface area contributed by atoms with Crippen LogP contribution < -0.4 is 11.1 Å². The van der Waals surface area contributed by atoms with Gasteiger partial charge in [0.25, 0.3) is 18.2 Å². The Hall–Kier alpha value is -4.54. The van der Waals surface area contributed by atoms with Gasteiger partial charge in [-0.15, -0.1) is 11.3 Å². The van der Waals surface area contributed by atoms with Crippen LogP contribution in [0.25, 0.3) is 27.2 Å². The van der Waals surface area contributed by atoms with E-state index in [0.29, 0.717) is 17.4 Å². The highest BCUT2D eigenvalue weighted by Crippen LogP contribution is 2.45. The monoisotopic (exact) mass is 586 g/mol.